The van der Waals surface area contributed by atoms with Gasteiger partial charge in [-0.1, -0.05) is 37.3 Å². The molecule has 0 bridgehead atoms. The van der Waals surface area contributed by atoms with Gasteiger partial charge in [0.2, 0.25) is 11.7 Å². The summed E-state index contributed by atoms with van der Waals surface area (Å²) < 4.78 is 10.2. The molecule has 32 heavy (non-hydrogen) atoms. The lowest BCUT2D eigenvalue weighted by Crippen LogP contribution is -2.28. The number of aromatic amines is 1. The van der Waals surface area contributed by atoms with Crippen LogP contribution in [-0.2, 0) is 20.7 Å². The van der Waals surface area contributed by atoms with Gasteiger partial charge in [-0.15, -0.1) is 11.8 Å². The Labute approximate surface area is 190 Å². The molecule has 8 heteroatoms. The summed E-state index contributed by atoms with van der Waals surface area (Å²) in [6.45, 7) is 2.55. The first kappa shape index (κ1) is 23.6. The third-order valence-corrected chi connectivity index (χ3v) is 5.99. The molecule has 0 unspecified atom stereocenters. The van der Waals surface area contributed by atoms with E-state index in [1.807, 2.05) is 18.2 Å². The molecule has 0 saturated carbocycles. The van der Waals surface area contributed by atoms with Gasteiger partial charge >= 0.3 is 5.97 Å². The zero-order valence-corrected chi connectivity index (χ0v) is 18.9. The van der Waals surface area contributed by atoms with Gasteiger partial charge in [0, 0.05) is 41.2 Å². The largest absolute Gasteiger partial charge is 0.454 e. The van der Waals surface area contributed by atoms with Crippen LogP contribution in [0.15, 0.2) is 53.6 Å². The molecule has 3 rings (SSSR count). The number of Topliss-reactive ketones (excluding diaryl/α,β-unsaturated/α-hetero) is 1. The van der Waals surface area contributed by atoms with Gasteiger partial charge in [-0.2, -0.15) is 0 Å². The molecule has 3 aromatic rings. The van der Waals surface area contributed by atoms with E-state index < -0.39 is 5.97 Å². The quantitative estimate of drug-likeness (QED) is 0.199. The minimum atomic E-state index is -0.602. The van der Waals surface area contributed by atoms with Crippen molar-refractivity contribution in [2.24, 2.45) is 0 Å². The number of hydrogen-bond donors (Lipinski definition) is 2. The van der Waals surface area contributed by atoms with Crippen LogP contribution in [0.1, 0.15) is 33.2 Å². The predicted molar refractivity (Wildman–Crippen MR) is 124 cm³/mol. The average molecular weight is 455 g/mol. The van der Waals surface area contributed by atoms with Crippen LogP contribution in [0.3, 0.4) is 0 Å². The van der Waals surface area contributed by atoms with Gasteiger partial charge in [-0.3, -0.25) is 9.59 Å². The number of hydrogen-bond acceptors (Lipinski definition) is 6. The van der Waals surface area contributed by atoms with Crippen LogP contribution in [0, 0.1) is 0 Å². The first-order valence-corrected chi connectivity index (χ1v) is 11.3. The van der Waals surface area contributed by atoms with Crippen molar-refractivity contribution in [1.82, 2.24) is 10.3 Å². The maximum Gasteiger partial charge on any atom is 0.339 e. The third kappa shape index (κ3) is 5.77. The number of fused-ring (bicyclic) bond motifs is 1. The van der Waals surface area contributed by atoms with Crippen LogP contribution in [0.5, 0.6) is 0 Å². The molecule has 1 aromatic heterocycles. The number of aryl methyl sites for hydroxylation is 1. The number of benzene rings is 2. The summed E-state index contributed by atoms with van der Waals surface area (Å²) in [6, 6.07) is 12.7. The van der Waals surface area contributed by atoms with E-state index in [0.717, 1.165) is 22.9 Å². The highest BCUT2D eigenvalue weighted by Crippen LogP contribution is 2.25. The fourth-order valence-corrected chi connectivity index (χ4v) is 4.15. The van der Waals surface area contributed by atoms with Gasteiger partial charge in [-0.05, 0) is 24.1 Å². The summed E-state index contributed by atoms with van der Waals surface area (Å²) in [5, 5.41) is 3.55. The summed E-state index contributed by atoms with van der Waals surface area (Å²) in [5.74, 6) is -0.880. The fourth-order valence-electron chi connectivity index (χ4n) is 3.28. The molecule has 0 fully saturated rings. The maximum atomic E-state index is 12.7. The molecule has 7 nitrogen and oxygen atoms in total. The molecule has 2 N–H and O–H groups in total. The molecule has 0 aliphatic carbocycles. The first-order valence-electron chi connectivity index (χ1n) is 10.3. The maximum absolute atomic E-state index is 12.7. The molecule has 0 aliphatic heterocycles. The number of ether oxygens (including phenoxy) is 2. The number of amides is 1. The summed E-state index contributed by atoms with van der Waals surface area (Å²) in [6.07, 6.45) is 2.51. The van der Waals surface area contributed by atoms with Crippen molar-refractivity contribution in [2.75, 3.05) is 32.6 Å². The Balaban J connectivity index is 1.62. The molecule has 0 aliphatic rings. The van der Waals surface area contributed by atoms with Crippen molar-refractivity contribution in [1.29, 1.82) is 0 Å². The molecule has 168 valence electrons. The second-order valence-corrected chi connectivity index (χ2v) is 8.04. The highest BCUT2D eigenvalue weighted by atomic mass is 32.2. The van der Waals surface area contributed by atoms with E-state index in [4.69, 9.17) is 9.47 Å². The molecular weight excluding hydrogens is 428 g/mol. The van der Waals surface area contributed by atoms with Crippen LogP contribution < -0.4 is 5.32 Å². The van der Waals surface area contributed by atoms with Crippen LogP contribution >= 0.6 is 11.8 Å². The number of esters is 1. The minimum Gasteiger partial charge on any atom is -0.454 e. The number of nitrogens with one attached hydrogen (secondary N) is 2. The minimum absolute atomic E-state index is 0.155. The molecule has 0 radical (unpaired) electrons. The van der Waals surface area contributed by atoms with Crippen molar-refractivity contribution in [3.63, 3.8) is 0 Å². The van der Waals surface area contributed by atoms with E-state index in [1.165, 1.54) is 11.8 Å². The zero-order chi connectivity index (χ0) is 22.9. The number of carbonyl (C=O) groups excluding carboxylic acids is 3. The van der Waals surface area contributed by atoms with Crippen molar-refractivity contribution < 1.29 is 23.9 Å². The lowest BCUT2D eigenvalue weighted by molar-refractivity contribution is -0.118. The van der Waals surface area contributed by atoms with Crippen molar-refractivity contribution in [3.05, 3.63) is 65.4 Å². The van der Waals surface area contributed by atoms with Gasteiger partial charge < -0.3 is 19.8 Å². The fraction of sp³-hybridized carbons (Fsp3) is 0.292. The lowest BCUT2D eigenvalue weighted by atomic mass is 10.1. The van der Waals surface area contributed by atoms with Crippen LogP contribution in [-0.4, -0.2) is 55.3 Å². The number of methoxy groups -OCH3 is 1. The topological polar surface area (TPSA) is 97.5 Å². The van der Waals surface area contributed by atoms with Gasteiger partial charge in [0.15, 0.2) is 6.61 Å². The smallest absolute Gasteiger partial charge is 0.339 e. The molecule has 0 spiro atoms. The Hall–Kier alpha value is -3.10. The Kier molecular flexibility index (Phi) is 8.47. The summed E-state index contributed by atoms with van der Waals surface area (Å²) in [4.78, 5) is 41.1. The third-order valence-electron chi connectivity index (χ3n) is 4.91. The number of H-pyrrole nitrogens is 1. The molecular formula is C24H26N2O5S. The Bertz CT molecular complexity index is 1110. The van der Waals surface area contributed by atoms with E-state index in [2.05, 4.69) is 17.2 Å². The van der Waals surface area contributed by atoms with E-state index in [1.54, 1.807) is 37.6 Å². The Morgan fingerprint density at radius 3 is 2.66 bits per heavy atom. The molecule has 2 aromatic carbocycles. The number of rotatable bonds is 11. The van der Waals surface area contributed by atoms with Crippen molar-refractivity contribution >= 4 is 40.3 Å². The molecule has 0 atom stereocenters. The van der Waals surface area contributed by atoms with Gasteiger partial charge in [0.05, 0.1) is 17.9 Å². The van der Waals surface area contributed by atoms with Crippen LogP contribution in [0.4, 0.5) is 0 Å². The number of para-hydroxylation sites is 1. The number of carbonyl (C=O) groups is 3. The standard InChI is InChI=1S/C24H26N2O5S/c1-3-16-7-6-9-17-19(13-26-23(16)17)20(27)14-31-24(29)18-8-4-5-10-21(18)32-15-22(28)25-11-12-30-2/h4-10,13,26H,3,11-12,14-15H2,1-2H3,(H,25,28). The van der Waals surface area contributed by atoms with Crippen LogP contribution in [0.2, 0.25) is 0 Å². The van der Waals surface area contributed by atoms with Crippen molar-refractivity contribution in [3.8, 4) is 0 Å². The summed E-state index contributed by atoms with van der Waals surface area (Å²) in [5.41, 5.74) is 2.87. The number of ketones is 1. The first-order chi connectivity index (χ1) is 15.5. The second kappa shape index (κ2) is 11.5. The van der Waals surface area contributed by atoms with E-state index in [-0.39, 0.29) is 24.1 Å². The molecule has 0 saturated heterocycles. The number of thioether (sulfide) groups is 1. The zero-order valence-electron chi connectivity index (χ0n) is 18.1. The molecule has 1 amide bonds. The van der Waals surface area contributed by atoms with Crippen LogP contribution in [0.25, 0.3) is 10.9 Å². The van der Waals surface area contributed by atoms with Gasteiger partial charge in [0.25, 0.3) is 0 Å². The number of aromatic nitrogens is 1. The van der Waals surface area contributed by atoms with E-state index in [9.17, 15) is 14.4 Å². The monoisotopic (exact) mass is 454 g/mol. The summed E-state index contributed by atoms with van der Waals surface area (Å²) in [7, 11) is 1.56. The molecule has 1 heterocycles. The Morgan fingerprint density at radius 2 is 1.88 bits per heavy atom. The normalized spacial score (nSPS) is 10.8. The highest BCUT2D eigenvalue weighted by Gasteiger charge is 2.18. The lowest BCUT2D eigenvalue weighted by Gasteiger charge is -2.09. The highest BCUT2D eigenvalue weighted by molar-refractivity contribution is 8.00. The Morgan fingerprint density at radius 1 is 1.06 bits per heavy atom. The predicted octanol–water partition coefficient (Wildman–Crippen LogP) is 3.62. The van der Waals surface area contributed by atoms with Crippen molar-refractivity contribution in [2.45, 2.75) is 18.2 Å². The second-order valence-electron chi connectivity index (χ2n) is 7.02. The summed E-state index contributed by atoms with van der Waals surface area (Å²) >= 11 is 1.24. The van der Waals surface area contributed by atoms with E-state index in [0.29, 0.717) is 29.2 Å². The SMILES string of the molecule is CCc1cccc2c(C(=O)COC(=O)c3ccccc3SCC(=O)NCCOC)c[nH]c12. The van der Waals surface area contributed by atoms with Gasteiger partial charge in [0.1, 0.15) is 0 Å². The van der Waals surface area contributed by atoms with E-state index >= 15 is 0 Å². The average Bonchev–Trinajstić information content (AvgIpc) is 3.26. The van der Waals surface area contributed by atoms with Gasteiger partial charge in [-0.25, -0.2) is 4.79 Å².